The second kappa shape index (κ2) is 4.46. The predicted octanol–water partition coefficient (Wildman–Crippen LogP) is 2.88. The fraction of sp³-hybridized carbons (Fsp3) is 0.571. The number of benzene rings is 1. The van der Waals surface area contributed by atoms with E-state index in [4.69, 9.17) is 0 Å². The molecule has 0 bridgehead atoms. The van der Waals surface area contributed by atoms with Crippen LogP contribution < -0.4 is 0 Å². The van der Waals surface area contributed by atoms with E-state index in [9.17, 15) is 10.2 Å². The van der Waals surface area contributed by atoms with Gasteiger partial charge in [-0.1, -0.05) is 19.1 Å². The van der Waals surface area contributed by atoms with Crippen molar-refractivity contribution in [1.29, 1.82) is 0 Å². The fourth-order valence-electron chi connectivity index (χ4n) is 2.52. The van der Waals surface area contributed by atoms with Crippen LogP contribution in [0.1, 0.15) is 38.2 Å². The van der Waals surface area contributed by atoms with E-state index >= 15 is 0 Å². The summed E-state index contributed by atoms with van der Waals surface area (Å²) in [6.07, 6.45) is 4.63. The quantitative estimate of drug-likeness (QED) is 0.804. The lowest BCUT2D eigenvalue weighted by Gasteiger charge is -2.35. The molecule has 1 aromatic rings. The van der Waals surface area contributed by atoms with Crippen molar-refractivity contribution in [2.45, 2.75) is 44.6 Å². The van der Waals surface area contributed by atoms with Gasteiger partial charge in [0.15, 0.2) is 0 Å². The van der Waals surface area contributed by atoms with Crippen molar-refractivity contribution in [1.82, 2.24) is 0 Å². The maximum atomic E-state index is 10.5. The van der Waals surface area contributed by atoms with E-state index in [1.54, 1.807) is 12.1 Å². The molecular formula is C14H20O2. The zero-order valence-corrected chi connectivity index (χ0v) is 9.82. The number of aromatic hydroxyl groups is 1. The van der Waals surface area contributed by atoms with Crippen LogP contribution in [-0.2, 0) is 6.42 Å². The van der Waals surface area contributed by atoms with Gasteiger partial charge >= 0.3 is 0 Å². The van der Waals surface area contributed by atoms with Crippen molar-refractivity contribution in [2.24, 2.45) is 5.92 Å². The van der Waals surface area contributed by atoms with Gasteiger partial charge in [0.25, 0.3) is 0 Å². The topological polar surface area (TPSA) is 40.5 Å². The van der Waals surface area contributed by atoms with E-state index < -0.39 is 5.60 Å². The molecule has 0 amide bonds. The van der Waals surface area contributed by atoms with Crippen LogP contribution in [0.15, 0.2) is 24.3 Å². The number of hydrogen-bond donors (Lipinski definition) is 2. The Kier molecular flexibility index (Phi) is 3.20. The van der Waals surface area contributed by atoms with Crippen LogP contribution in [0.25, 0.3) is 0 Å². The molecule has 16 heavy (non-hydrogen) atoms. The Morgan fingerprint density at radius 1 is 1.31 bits per heavy atom. The molecule has 0 unspecified atom stereocenters. The van der Waals surface area contributed by atoms with Gasteiger partial charge in [0.2, 0.25) is 0 Å². The second-order valence-corrected chi connectivity index (χ2v) is 5.25. The van der Waals surface area contributed by atoms with E-state index in [2.05, 4.69) is 6.92 Å². The average Bonchev–Trinajstić information content (AvgIpc) is 2.23. The van der Waals surface area contributed by atoms with Crippen LogP contribution in [0, 0.1) is 5.92 Å². The Bertz CT molecular complexity index is 352. The van der Waals surface area contributed by atoms with Crippen molar-refractivity contribution in [3.8, 4) is 5.75 Å². The average molecular weight is 220 g/mol. The summed E-state index contributed by atoms with van der Waals surface area (Å²) in [7, 11) is 0. The SMILES string of the molecule is CC1CCC(O)(Cc2cccc(O)c2)CC1. The summed E-state index contributed by atoms with van der Waals surface area (Å²) in [6.45, 7) is 2.24. The van der Waals surface area contributed by atoms with Gasteiger partial charge in [-0.3, -0.25) is 0 Å². The zero-order chi connectivity index (χ0) is 11.6. The molecule has 0 aliphatic heterocycles. The Balaban J connectivity index is 2.03. The first-order valence-corrected chi connectivity index (χ1v) is 6.08. The number of phenolic OH excluding ortho intramolecular Hbond substituents is 1. The molecular weight excluding hydrogens is 200 g/mol. The lowest BCUT2D eigenvalue weighted by Crippen LogP contribution is -2.35. The third kappa shape index (κ3) is 2.76. The molecule has 2 nitrogen and oxygen atoms in total. The van der Waals surface area contributed by atoms with E-state index in [1.165, 1.54) is 0 Å². The van der Waals surface area contributed by atoms with E-state index in [0.29, 0.717) is 6.42 Å². The first-order valence-electron chi connectivity index (χ1n) is 6.08. The third-order valence-electron chi connectivity index (χ3n) is 3.65. The van der Waals surface area contributed by atoms with Gasteiger partial charge in [-0.05, 0) is 49.3 Å². The van der Waals surface area contributed by atoms with E-state index in [1.807, 2.05) is 12.1 Å². The first-order chi connectivity index (χ1) is 7.57. The molecule has 1 aliphatic rings. The van der Waals surface area contributed by atoms with Crippen LogP contribution >= 0.6 is 0 Å². The Morgan fingerprint density at radius 2 is 2.00 bits per heavy atom. The first kappa shape index (κ1) is 11.5. The molecule has 0 heterocycles. The summed E-state index contributed by atoms with van der Waals surface area (Å²) in [5.41, 5.74) is 0.470. The second-order valence-electron chi connectivity index (χ2n) is 5.25. The van der Waals surface area contributed by atoms with Crippen LogP contribution in [0.3, 0.4) is 0 Å². The highest BCUT2D eigenvalue weighted by Crippen LogP contribution is 2.34. The van der Waals surface area contributed by atoms with E-state index in [-0.39, 0.29) is 5.75 Å². The van der Waals surface area contributed by atoms with Gasteiger partial charge in [-0.25, -0.2) is 0 Å². The molecule has 0 atom stereocenters. The largest absolute Gasteiger partial charge is 0.508 e. The van der Waals surface area contributed by atoms with Gasteiger partial charge in [0.05, 0.1) is 5.60 Å². The maximum absolute atomic E-state index is 10.5. The highest BCUT2D eigenvalue weighted by atomic mass is 16.3. The molecule has 1 aliphatic carbocycles. The molecule has 2 rings (SSSR count). The minimum atomic E-state index is -0.555. The van der Waals surface area contributed by atoms with Crippen LogP contribution in [0.5, 0.6) is 5.75 Å². The Hall–Kier alpha value is -1.02. The number of phenols is 1. The Labute approximate surface area is 96.9 Å². The monoisotopic (exact) mass is 220 g/mol. The van der Waals surface area contributed by atoms with Crippen molar-refractivity contribution in [3.63, 3.8) is 0 Å². The fourth-order valence-corrected chi connectivity index (χ4v) is 2.52. The number of rotatable bonds is 2. The predicted molar refractivity (Wildman–Crippen MR) is 64.4 cm³/mol. The minimum Gasteiger partial charge on any atom is -0.508 e. The van der Waals surface area contributed by atoms with Gasteiger partial charge in [0.1, 0.15) is 5.75 Å². The number of hydrogen-bond acceptors (Lipinski definition) is 2. The van der Waals surface area contributed by atoms with Crippen molar-refractivity contribution in [2.75, 3.05) is 0 Å². The lowest BCUT2D eigenvalue weighted by molar-refractivity contribution is -0.00669. The normalized spacial score (nSPS) is 30.2. The van der Waals surface area contributed by atoms with Crippen molar-refractivity contribution in [3.05, 3.63) is 29.8 Å². The summed E-state index contributed by atoms with van der Waals surface area (Å²) in [4.78, 5) is 0. The van der Waals surface area contributed by atoms with Crippen LogP contribution in [-0.4, -0.2) is 15.8 Å². The van der Waals surface area contributed by atoms with E-state index in [0.717, 1.165) is 37.2 Å². The van der Waals surface area contributed by atoms with Crippen molar-refractivity contribution < 1.29 is 10.2 Å². The summed E-state index contributed by atoms with van der Waals surface area (Å²) in [5.74, 6) is 1.02. The molecule has 88 valence electrons. The van der Waals surface area contributed by atoms with Gasteiger partial charge < -0.3 is 10.2 Å². The van der Waals surface area contributed by atoms with Gasteiger partial charge in [-0.2, -0.15) is 0 Å². The summed E-state index contributed by atoms with van der Waals surface area (Å²) >= 11 is 0. The molecule has 0 radical (unpaired) electrons. The molecule has 1 saturated carbocycles. The molecule has 2 N–H and O–H groups in total. The standard InChI is InChI=1S/C14H20O2/c1-11-5-7-14(16,8-6-11)10-12-3-2-4-13(15)9-12/h2-4,9,11,15-16H,5-8,10H2,1H3. The summed E-state index contributed by atoms with van der Waals surface area (Å²) in [6, 6.07) is 7.21. The summed E-state index contributed by atoms with van der Waals surface area (Å²) in [5, 5.41) is 19.8. The molecule has 1 fully saturated rings. The van der Waals surface area contributed by atoms with Crippen molar-refractivity contribution >= 4 is 0 Å². The molecule has 1 aromatic carbocycles. The molecule has 0 aromatic heterocycles. The molecule has 0 saturated heterocycles. The molecule has 0 spiro atoms. The lowest BCUT2D eigenvalue weighted by atomic mass is 9.76. The zero-order valence-electron chi connectivity index (χ0n) is 9.82. The minimum absolute atomic E-state index is 0.283. The van der Waals surface area contributed by atoms with Crippen LogP contribution in [0.4, 0.5) is 0 Å². The third-order valence-corrected chi connectivity index (χ3v) is 3.65. The Morgan fingerprint density at radius 3 is 2.62 bits per heavy atom. The number of aliphatic hydroxyl groups is 1. The maximum Gasteiger partial charge on any atom is 0.115 e. The van der Waals surface area contributed by atoms with Crippen LogP contribution in [0.2, 0.25) is 0 Å². The van der Waals surface area contributed by atoms with Gasteiger partial charge in [-0.15, -0.1) is 0 Å². The smallest absolute Gasteiger partial charge is 0.115 e. The molecule has 2 heteroatoms. The highest BCUT2D eigenvalue weighted by Gasteiger charge is 2.31. The summed E-state index contributed by atoms with van der Waals surface area (Å²) < 4.78 is 0. The van der Waals surface area contributed by atoms with Gasteiger partial charge in [0, 0.05) is 6.42 Å². The highest BCUT2D eigenvalue weighted by molar-refractivity contribution is 5.28.